The summed E-state index contributed by atoms with van der Waals surface area (Å²) >= 11 is 12.0. The van der Waals surface area contributed by atoms with E-state index in [-0.39, 0.29) is 11.6 Å². The van der Waals surface area contributed by atoms with Crippen LogP contribution in [0.15, 0.2) is 34.9 Å². The van der Waals surface area contributed by atoms with Crippen molar-refractivity contribution in [2.24, 2.45) is 0 Å². The number of furan rings is 1. The standard InChI is InChI=1S/C14H13Cl2NO3/c1-8(10-3-2-9(15)6-12(10)16)17-7-13-11(14(18)19)4-5-20-13/h2-6,8,17H,7H2,1H3,(H,18,19). The molecule has 4 nitrogen and oxygen atoms in total. The molecule has 20 heavy (non-hydrogen) atoms. The van der Waals surface area contributed by atoms with Gasteiger partial charge < -0.3 is 14.8 Å². The first kappa shape index (κ1) is 14.9. The van der Waals surface area contributed by atoms with Crippen molar-refractivity contribution in [3.8, 4) is 0 Å². The SMILES string of the molecule is CC(NCc1occc1C(=O)O)c1ccc(Cl)cc1Cl. The van der Waals surface area contributed by atoms with Crippen molar-refractivity contribution < 1.29 is 14.3 Å². The first-order chi connectivity index (χ1) is 9.49. The van der Waals surface area contributed by atoms with Crippen LogP contribution in [0.5, 0.6) is 0 Å². The molecule has 2 N–H and O–H groups in total. The lowest BCUT2D eigenvalue weighted by Gasteiger charge is -2.15. The van der Waals surface area contributed by atoms with E-state index >= 15 is 0 Å². The van der Waals surface area contributed by atoms with Crippen LogP contribution >= 0.6 is 23.2 Å². The highest BCUT2D eigenvalue weighted by Crippen LogP contribution is 2.26. The molecule has 2 rings (SSSR count). The van der Waals surface area contributed by atoms with Gasteiger partial charge in [-0.1, -0.05) is 29.3 Å². The van der Waals surface area contributed by atoms with E-state index in [1.54, 1.807) is 12.1 Å². The molecule has 2 aromatic rings. The average Bonchev–Trinajstić information content (AvgIpc) is 2.84. The lowest BCUT2D eigenvalue weighted by molar-refractivity contribution is 0.0694. The topological polar surface area (TPSA) is 62.5 Å². The lowest BCUT2D eigenvalue weighted by atomic mass is 10.1. The second-order valence-corrected chi connectivity index (χ2v) is 5.17. The fraction of sp³-hybridized carbons (Fsp3) is 0.214. The zero-order chi connectivity index (χ0) is 14.7. The second kappa shape index (κ2) is 6.31. The van der Waals surface area contributed by atoms with E-state index in [2.05, 4.69) is 5.32 Å². The van der Waals surface area contributed by atoms with Crippen LogP contribution in [0.2, 0.25) is 10.0 Å². The molecule has 6 heteroatoms. The fourth-order valence-electron chi connectivity index (χ4n) is 1.88. The maximum absolute atomic E-state index is 11.0. The summed E-state index contributed by atoms with van der Waals surface area (Å²) in [5, 5.41) is 13.3. The van der Waals surface area contributed by atoms with Gasteiger partial charge in [0.1, 0.15) is 11.3 Å². The number of benzene rings is 1. The smallest absolute Gasteiger partial charge is 0.339 e. The Morgan fingerprint density at radius 1 is 1.40 bits per heavy atom. The molecule has 0 aliphatic rings. The van der Waals surface area contributed by atoms with Crippen LogP contribution in [-0.4, -0.2) is 11.1 Å². The molecule has 0 spiro atoms. The largest absolute Gasteiger partial charge is 0.478 e. The quantitative estimate of drug-likeness (QED) is 0.871. The predicted octanol–water partition coefficient (Wildman–Crippen LogP) is 4.14. The molecule has 0 saturated carbocycles. The average molecular weight is 314 g/mol. The van der Waals surface area contributed by atoms with Crippen LogP contribution in [0.1, 0.15) is 34.6 Å². The molecular weight excluding hydrogens is 301 g/mol. The summed E-state index contributed by atoms with van der Waals surface area (Å²) in [5.41, 5.74) is 1.05. The maximum atomic E-state index is 11.0. The number of hydrogen-bond donors (Lipinski definition) is 2. The molecule has 0 aliphatic carbocycles. The predicted molar refractivity (Wildman–Crippen MR) is 77.4 cm³/mol. The number of rotatable bonds is 5. The van der Waals surface area contributed by atoms with Gasteiger partial charge in [0, 0.05) is 16.1 Å². The number of aromatic carboxylic acids is 1. The minimum absolute atomic E-state index is 0.0634. The van der Waals surface area contributed by atoms with Gasteiger partial charge >= 0.3 is 5.97 Å². The van der Waals surface area contributed by atoms with Crippen LogP contribution in [-0.2, 0) is 6.54 Å². The van der Waals surface area contributed by atoms with E-state index in [1.165, 1.54) is 12.3 Å². The lowest BCUT2D eigenvalue weighted by Crippen LogP contribution is -2.19. The molecule has 0 radical (unpaired) electrons. The molecule has 1 aromatic carbocycles. The normalized spacial score (nSPS) is 12.3. The minimum Gasteiger partial charge on any atom is -0.478 e. The zero-order valence-electron chi connectivity index (χ0n) is 10.7. The van der Waals surface area contributed by atoms with Crippen molar-refractivity contribution in [2.75, 3.05) is 0 Å². The highest BCUT2D eigenvalue weighted by atomic mass is 35.5. The molecular formula is C14H13Cl2NO3. The molecule has 1 atom stereocenters. The summed E-state index contributed by atoms with van der Waals surface area (Å²) in [5.74, 6) is -0.623. The molecule has 0 fully saturated rings. The van der Waals surface area contributed by atoms with Crippen LogP contribution in [0.25, 0.3) is 0 Å². The van der Waals surface area contributed by atoms with Crippen LogP contribution < -0.4 is 5.32 Å². The van der Waals surface area contributed by atoms with Gasteiger partial charge in [-0.3, -0.25) is 0 Å². The summed E-state index contributed by atoms with van der Waals surface area (Å²) < 4.78 is 5.16. The van der Waals surface area contributed by atoms with Gasteiger partial charge in [-0.05, 0) is 30.7 Å². The Kier molecular flexibility index (Phi) is 4.70. The Morgan fingerprint density at radius 3 is 2.80 bits per heavy atom. The number of hydrogen-bond acceptors (Lipinski definition) is 3. The Bertz CT molecular complexity index is 625. The van der Waals surface area contributed by atoms with E-state index in [0.29, 0.717) is 22.4 Å². The van der Waals surface area contributed by atoms with E-state index in [4.69, 9.17) is 32.7 Å². The van der Waals surface area contributed by atoms with Gasteiger partial charge in [0.05, 0.1) is 12.8 Å². The Hall–Kier alpha value is -1.49. The highest BCUT2D eigenvalue weighted by molar-refractivity contribution is 6.35. The third kappa shape index (κ3) is 3.33. The van der Waals surface area contributed by atoms with Crippen LogP contribution in [0.3, 0.4) is 0 Å². The van der Waals surface area contributed by atoms with Crippen molar-refractivity contribution in [1.29, 1.82) is 0 Å². The summed E-state index contributed by atoms with van der Waals surface area (Å²) in [6.07, 6.45) is 1.36. The third-order valence-electron chi connectivity index (χ3n) is 2.97. The number of nitrogens with one attached hydrogen (secondary N) is 1. The van der Waals surface area contributed by atoms with Gasteiger partial charge in [0.15, 0.2) is 0 Å². The Labute approximate surface area is 126 Å². The molecule has 0 aliphatic heterocycles. The second-order valence-electron chi connectivity index (χ2n) is 4.33. The summed E-state index contributed by atoms with van der Waals surface area (Å²) in [7, 11) is 0. The van der Waals surface area contributed by atoms with E-state index in [9.17, 15) is 4.79 Å². The van der Waals surface area contributed by atoms with Gasteiger partial charge in [-0.2, -0.15) is 0 Å². The van der Waals surface area contributed by atoms with Crippen molar-refractivity contribution >= 4 is 29.2 Å². The number of halogens is 2. The zero-order valence-corrected chi connectivity index (χ0v) is 12.2. The number of carboxylic acid groups (broad SMARTS) is 1. The van der Waals surface area contributed by atoms with Crippen molar-refractivity contribution in [3.63, 3.8) is 0 Å². The third-order valence-corrected chi connectivity index (χ3v) is 3.54. The molecule has 106 valence electrons. The van der Waals surface area contributed by atoms with Crippen LogP contribution in [0.4, 0.5) is 0 Å². The summed E-state index contributed by atoms with van der Waals surface area (Å²) in [6.45, 7) is 2.23. The minimum atomic E-state index is -1.01. The van der Waals surface area contributed by atoms with Gasteiger partial charge in [0.25, 0.3) is 0 Å². The number of carboxylic acids is 1. The molecule has 0 saturated heterocycles. The number of carbonyl (C=O) groups is 1. The molecule has 1 aromatic heterocycles. The van der Waals surface area contributed by atoms with Gasteiger partial charge in [-0.25, -0.2) is 4.79 Å². The van der Waals surface area contributed by atoms with Crippen molar-refractivity contribution in [2.45, 2.75) is 19.5 Å². The highest BCUT2D eigenvalue weighted by Gasteiger charge is 2.15. The molecule has 1 unspecified atom stereocenters. The van der Waals surface area contributed by atoms with Crippen LogP contribution in [0, 0.1) is 0 Å². The molecule has 0 bridgehead atoms. The Balaban J connectivity index is 2.06. The summed E-state index contributed by atoms with van der Waals surface area (Å²) in [6, 6.07) is 6.64. The van der Waals surface area contributed by atoms with E-state index in [1.807, 2.05) is 13.0 Å². The fourth-order valence-corrected chi connectivity index (χ4v) is 2.45. The molecule has 1 heterocycles. The Morgan fingerprint density at radius 2 is 2.15 bits per heavy atom. The van der Waals surface area contributed by atoms with Crippen molar-refractivity contribution in [3.05, 3.63) is 57.5 Å². The summed E-state index contributed by atoms with van der Waals surface area (Å²) in [4.78, 5) is 11.0. The first-order valence-corrected chi connectivity index (χ1v) is 6.72. The van der Waals surface area contributed by atoms with Gasteiger partial charge in [-0.15, -0.1) is 0 Å². The van der Waals surface area contributed by atoms with E-state index in [0.717, 1.165) is 5.56 Å². The molecule has 0 amide bonds. The van der Waals surface area contributed by atoms with Crippen molar-refractivity contribution in [1.82, 2.24) is 5.32 Å². The maximum Gasteiger partial charge on any atom is 0.339 e. The van der Waals surface area contributed by atoms with Gasteiger partial charge in [0.2, 0.25) is 0 Å². The first-order valence-electron chi connectivity index (χ1n) is 5.97. The monoisotopic (exact) mass is 313 g/mol. The van der Waals surface area contributed by atoms with E-state index < -0.39 is 5.97 Å².